The molecular weight excluding hydrogens is 256 g/mol. The summed E-state index contributed by atoms with van der Waals surface area (Å²) in [5.41, 5.74) is 1.17. The lowest BCUT2D eigenvalue weighted by Gasteiger charge is -2.17. The Labute approximate surface area is 118 Å². The largest absolute Gasteiger partial charge is 0.467 e. The fraction of sp³-hybridized carbons (Fsp3) is 0.357. The van der Waals surface area contributed by atoms with E-state index in [2.05, 4.69) is 39.3 Å². The molecule has 0 aliphatic carbocycles. The first-order valence-electron chi connectivity index (χ1n) is 6.42. The first-order chi connectivity index (χ1) is 9.76. The monoisotopic (exact) mass is 274 g/mol. The molecule has 1 heterocycles. The van der Waals surface area contributed by atoms with Crippen LogP contribution in [0.25, 0.3) is 0 Å². The first kappa shape index (κ1) is 14.0. The van der Waals surface area contributed by atoms with E-state index in [1.54, 1.807) is 0 Å². The minimum atomic E-state index is 0.119. The summed E-state index contributed by atoms with van der Waals surface area (Å²) in [6, 6.07) is 10.7. The van der Waals surface area contributed by atoms with Crippen molar-refractivity contribution in [2.24, 2.45) is 0 Å². The van der Waals surface area contributed by atoms with Crippen molar-refractivity contribution in [2.45, 2.75) is 19.4 Å². The number of aromatic nitrogens is 3. The summed E-state index contributed by atoms with van der Waals surface area (Å²) < 4.78 is 10.1. The van der Waals surface area contributed by atoms with Gasteiger partial charge < -0.3 is 14.8 Å². The molecule has 0 bridgehead atoms. The predicted molar refractivity (Wildman–Crippen MR) is 76.0 cm³/mol. The molecule has 0 spiro atoms. The van der Waals surface area contributed by atoms with E-state index in [0.717, 1.165) is 6.42 Å². The Bertz CT molecular complexity index is 526. The van der Waals surface area contributed by atoms with Crippen LogP contribution in [-0.2, 0) is 0 Å². The lowest BCUT2D eigenvalue weighted by molar-refractivity contribution is 0.341. The van der Waals surface area contributed by atoms with Gasteiger partial charge in [-0.2, -0.15) is 9.97 Å². The van der Waals surface area contributed by atoms with Crippen molar-refractivity contribution in [2.75, 3.05) is 19.5 Å². The average Bonchev–Trinajstić information content (AvgIpc) is 2.53. The fourth-order valence-electron chi connectivity index (χ4n) is 1.85. The van der Waals surface area contributed by atoms with E-state index in [4.69, 9.17) is 9.47 Å². The van der Waals surface area contributed by atoms with Gasteiger partial charge in [0.15, 0.2) is 0 Å². The number of nitrogens with zero attached hydrogens (tertiary/aromatic N) is 3. The summed E-state index contributed by atoms with van der Waals surface area (Å²) in [6.45, 7) is 2.10. The summed E-state index contributed by atoms with van der Waals surface area (Å²) in [5, 5.41) is 3.27. The molecule has 6 nitrogen and oxygen atoms in total. The van der Waals surface area contributed by atoms with Gasteiger partial charge in [0, 0.05) is 0 Å². The van der Waals surface area contributed by atoms with Crippen molar-refractivity contribution >= 4 is 5.95 Å². The van der Waals surface area contributed by atoms with Crippen molar-refractivity contribution in [1.82, 2.24) is 15.0 Å². The molecule has 6 heteroatoms. The Balaban J connectivity index is 2.23. The smallest absolute Gasteiger partial charge is 0.324 e. The third-order valence-electron chi connectivity index (χ3n) is 2.87. The molecule has 1 unspecified atom stereocenters. The van der Waals surface area contributed by atoms with E-state index in [1.165, 1.54) is 19.8 Å². The Hall–Kier alpha value is -2.37. The molecule has 2 aromatic rings. The predicted octanol–water partition coefficient (Wildman–Crippen LogP) is 2.45. The van der Waals surface area contributed by atoms with Crippen LogP contribution in [0.2, 0.25) is 0 Å². The van der Waals surface area contributed by atoms with Gasteiger partial charge >= 0.3 is 12.0 Å². The molecule has 0 fully saturated rings. The number of hydrogen-bond acceptors (Lipinski definition) is 6. The number of hydrogen-bond donors (Lipinski definition) is 1. The second-order valence-corrected chi connectivity index (χ2v) is 4.15. The third kappa shape index (κ3) is 3.34. The maximum absolute atomic E-state index is 5.04. The van der Waals surface area contributed by atoms with Crippen LogP contribution < -0.4 is 14.8 Å². The van der Waals surface area contributed by atoms with Gasteiger partial charge in [0.2, 0.25) is 5.95 Å². The summed E-state index contributed by atoms with van der Waals surface area (Å²) in [7, 11) is 3.01. The van der Waals surface area contributed by atoms with Crippen LogP contribution in [0.3, 0.4) is 0 Å². The summed E-state index contributed by atoms with van der Waals surface area (Å²) >= 11 is 0. The van der Waals surface area contributed by atoms with E-state index < -0.39 is 0 Å². The van der Waals surface area contributed by atoms with Crippen LogP contribution >= 0.6 is 0 Å². The van der Waals surface area contributed by atoms with E-state index >= 15 is 0 Å². The minimum absolute atomic E-state index is 0.119. The molecule has 0 aliphatic heterocycles. The molecule has 1 N–H and O–H groups in total. The minimum Gasteiger partial charge on any atom is -0.467 e. The fourth-order valence-corrected chi connectivity index (χ4v) is 1.85. The van der Waals surface area contributed by atoms with E-state index in [-0.39, 0.29) is 18.1 Å². The number of anilines is 1. The molecule has 0 saturated carbocycles. The van der Waals surface area contributed by atoms with Crippen LogP contribution in [0.15, 0.2) is 30.3 Å². The van der Waals surface area contributed by atoms with Crippen molar-refractivity contribution in [3.05, 3.63) is 35.9 Å². The Morgan fingerprint density at radius 3 is 2.10 bits per heavy atom. The third-order valence-corrected chi connectivity index (χ3v) is 2.87. The van der Waals surface area contributed by atoms with Gasteiger partial charge in [0.05, 0.1) is 20.3 Å². The van der Waals surface area contributed by atoms with Gasteiger partial charge in [-0.3, -0.25) is 0 Å². The van der Waals surface area contributed by atoms with Gasteiger partial charge in [-0.1, -0.05) is 37.3 Å². The van der Waals surface area contributed by atoms with Crippen LogP contribution in [0.1, 0.15) is 24.9 Å². The van der Waals surface area contributed by atoms with Gasteiger partial charge in [-0.25, -0.2) is 0 Å². The van der Waals surface area contributed by atoms with E-state index in [9.17, 15) is 0 Å². The van der Waals surface area contributed by atoms with Gasteiger partial charge in [-0.15, -0.1) is 4.98 Å². The molecule has 1 aromatic carbocycles. The molecule has 0 saturated heterocycles. The zero-order valence-electron chi connectivity index (χ0n) is 11.8. The Morgan fingerprint density at radius 1 is 1.00 bits per heavy atom. The second kappa shape index (κ2) is 6.70. The van der Waals surface area contributed by atoms with E-state index in [1.807, 2.05) is 18.2 Å². The highest BCUT2D eigenvalue weighted by Gasteiger charge is 2.13. The molecular formula is C14H18N4O2. The van der Waals surface area contributed by atoms with Gasteiger partial charge in [0.1, 0.15) is 0 Å². The normalized spacial score (nSPS) is 11.8. The molecule has 0 radical (unpaired) electrons. The van der Waals surface area contributed by atoms with Crippen molar-refractivity contribution in [3.8, 4) is 12.0 Å². The van der Waals surface area contributed by atoms with Crippen molar-refractivity contribution < 1.29 is 9.47 Å². The summed E-state index contributed by atoms with van der Waals surface area (Å²) in [5.74, 6) is 0.435. The second-order valence-electron chi connectivity index (χ2n) is 4.15. The lowest BCUT2D eigenvalue weighted by atomic mass is 10.1. The topological polar surface area (TPSA) is 69.2 Å². The molecule has 1 aromatic heterocycles. The highest BCUT2D eigenvalue weighted by Crippen LogP contribution is 2.22. The number of methoxy groups -OCH3 is 2. The zero-order chi connectivity index (χ0) is 14.4. The maximum Gasteiger partial charge on any atom is 0.324 e. The number of benzene rings is 1. The zero-order valence-corrected chi connectivity index (χ0v) is 11.8. The number of nitrogens with one attached hydrogen (secondary N) is 1. The molecule has 0 amide bonds. The van der Waals surface area contributed by atoms with Crippen molar-refractivity contribution in [1.29, 1.82) is 0 Å². The molecule has 0 aliphatic rings. The van der Waals surface area contributed by atoms with Crippen LogP contribution in [0.4, 0.5) is 5.95 Å². The molecule has 20 heavy (non-hydrogen) atoms. The quantitative estimate of drug-likeness (QED) is 0.872. The molecule has 2 rings (SSSR count). The highest BCUT2D eigenvalue weighted by molar-refractivity contribution is 5.33. The van der Waals surface area contributed by atoms with Crippen molar-refractivity contribution in [3.63, 3.8) is 0 Å². The highest BCUT2D eigenvalue weighted by atomic mass is 16.5. The number of rotatable bonds is 6. The number of ether oxygens (including phenoxy) is 2. The van der Waals surface area contributed by atoms with Gasteiger partial charge in [-0.05, 0) is 12.0 Å². The lowest BCUT2D eigenvalue weighted by Crippen LogP contribution is -2.13. The molecule has 106 valence electrons. The summed E-state index contributed by atoms with van der Waals surface area (Å²) in [4.78, 5) is 12.3. The Morgan fingerprint density at radius 2 is 1.60 bits per heavy atom. The first-order valence-corrected chi connectivity index (χ1v) is 6.42. The van der Waals surface area contributed by atoms with E-state index in [0.29, 0.717) is 5.95 Å². The van der Waals surface area contributed by atoms with Crippen LogP contribution in [0, 0.1) is 0 Å². The van der Waals surface area contributed by atoms with Crippen LogP contribution in [0.5, 0.6) is 12.0 Å². The average molecular weight is 274 g/mol. The van der Waals surface area contributed by atoms with Gasteiger partial charge in [0.25, 0.3) is 0 Å². The Kier molecular flexibility index (Phi) is 4.70. The summed E-state index contributed by atoms with van der Waals surface area (Å²) in [6.07, 6.45) is 0.903. The SMILES string of the molecule is CCC(Nc1nc(OC)nc(OC)n1)c1ccccc1. The standard InChI is InChI=1S/C14H18N4O2/c1-4-11(10-8-6-5-7-9-10)15-12-16-13(19-2)18-14(17-12)20-3/h5-9,11H,4H2,1-3H3,(H,15,16,17,18). The maximum atomic E-state index is 5.04. The van der Waals surface area contributed by atoms with Crippen LogP contribution in [-0.4, -0.2) is 29.2 Å². The molecule has 1 atom stereocenters.